The molecule has 5 rings (SSSR count). The lowest BCUT2D eigenvalue weighted by Gasteiger charge is -2.33. The van der Waals surface area contributed by atoms with Crippen molar-refractivity contribution in [1.29, 1.82) is 0 Å². The minimum Gasteiger partial charge on any atom is -1.00 e. The normalized spacial score (nSPS) is 22.9. The lowest BCUT2D eigenvalue weighted by molar-refractivity contribution is -0.580. The third-order valence-electron chi connectivity index (χ3n) is 11.6. The van der Waals surface area contributed by atoms with Gasteiger partial charge >= 0.3 is 17.9 Å². The molecule has 0 aliphatic carbocycles. The largest absolute Gasteiger partial charge is 1.00 e. The zero-order valence-electron chi connectivity index (χ0n) is 33.0. The number of carbonyl (C=O) groups excluding carboxylic acids is 2. The SMILES string of the molecule is CCCCCCC[C@@H]1C[C@@H]2CC[C@@H]3C(C(=O)OCCCCCCCCCC4N=C(N)N5CCCC5=C4C(=O)OCCCCN=C(N)N)=C(C)NC(=[N+]23)N1.[Cl-]. The summed E-state index contributed by atoms with van der Waals surface area (Å²) in [5.41, 5.74) is 20.5. The zero-order chi connectivity index (χ0) is 37.6. The number of fused-ring (bicyclic) bond motifs is 1. The van der Waals surface area contributed by atoms with Crippen molar-refractivity contribution in [3.63, 3.8) is 0 Å². The highest BCUT2D eigenvalue weighted by Crippen LogP contribution is 2.35. The lowest BCUT2D eigenvalue weighted by atomic mass is 9.96. The van der Waals surface area contributed by atoms with Crippen molar-refractivity contribution in [3.05, 3.63) is 22.5 Å². The third-order valence-corrected chi connectivity index (χ3v) is 11.6. The second-order valence-electron chi connectivity index (χ2n) is 15.6. The van der Waals surface area contributed by atoms with Gasteiger partial charge in [0, 0.05) is 25.2 Å². The second kappa shape index (κ2) is 22.2. The highest BCUT2D eigenvalue weighted by Gasteiger charge is 2.48. The van der Waals surface area contributed by atoms with Gasteiger partial charge in [-0.3, -0.25) is 14.9 Å². The predicted octanol–water partition coefficient (Wildman–Crippen LogP) is 1.80. The fraction of sp³-hybridized carbons (Fsp3) is 0.775. The Bertz CT molecular complexity index is 1420. The number of carbonyl (C=O) groups is 2. The summed E-state index contributed by atoms with van der Waals surface area (Å²) in [6.45, 7) is 6.38. The summed E-state index contributed by atoms with van der Waals surface area (Å²) in [5.74, 6) is 1.24. The Labute approximate surface area is 329 Å². The van der Waals surface area contributed by atoms with E-state index in [2.05, 4.69) is 27.1 Å². The first-order valence-electron chi connectivity index (χ1n) is 20.9. The first kappa shape index (κ1) is 43.3. The number of nitrogens with zero attached hydrogens (tertiary/aromatic N) is 4. The smallest absolute Gasteiger partial charge is 0.351 e. The molecule has 2 fully saturated rings. The van der Waals surface area contributed by atoms with Crippen LogP contribution in [-0.2, 0) is 19.1 Å². The quantitative estimate of drug-likeness (QED) is 0.0337. The van der Waals surface area contributed by atoms with Crippen LogP contribution in [-0.4, -0.2) is 89.8 Å². The van der Waals surface area contributed by atoms with Gasteiger partial charge in [0.1, 0.15) is 11.6 Å². The average Bonchev–Trinajstić information content (AvgIpc) is 3.79. The molecule has 5 heterocycles. The van der Waals surface area contributed by atoms with Gasteiger partial charge < -0.3 is 44.0 Å². The molecule has 13 nitrogen and oxygen atoms in total. The van der Waals surface area contributed by atoms with E-state index in [0.29, 0.717) is 49.8 Å². The molecule has 8 N–H and O–H groups in total. The minimum atomic E-state index is -0.280. The Morgan fingerprint density at radius 2 is 1.54 bits per heavy atom. The number of halogens is 1. The number of nitrogens with two attached hydrogens (primary N) is 3. The summed E-state index contributed by atoms with van der Waals surface area (Å²) < 4.78 is 14.0. The molecule has 1 unspecified atom stereocenters. The van der Waals surface area contributed by atoms with E-state index in [1.54, 1.807) is 0 Å². The molecule has 0 bridgehead atoms. The van der Waals surface area contributed by atoms with E-state index < -0.39 is 0 Å². The minimum absolute atomic E-state index is 0. The molecule has 0 amide bonds. The summed E-state index contributed by atoms with van der Waals surface area (Å²) in [4.78, 5) is 37.2. The summed E-state index contributed by atoms with van der Waals surface area (Å²) in [6, 6.07) is 0.858. The van der Waals surface area contributed by atoms with Gasteiger partial charge in [0.05, 0.1) is 42.6 Å². The molecule has 0 aromatic rings. The molecular formula is C40H68ClN9O4. The van der Waals surface area contributed by atoms with Crippen LogP contribution in [0.4, 0.5) is 0 Å². The Balaban J connectivity index is 0.00000650. The molecule has 0 saturated carbocycles. The number of allylic oxidation sites excluding steroid dienone is 2. The maximum absolute atomic E-state index is 13.3. The standard InChI is InChI=1S/C40H67N9O4.ClH/c1-3-4-5-9-12-18-29-27-30-21-22-33-34(28(2)45-40(46-29)49(30)33)36(50)52-25-15-11-8-6-7-10-13-19-31-35(32-20-17-24-48(32)39(43)47-31)37(51)53-26-16-14-23-44-38(41)42;/h29-31,33H,3-27H2,1-2H3,(H7,41,42,43,44,45,46,47,50);1H/t29-,30+,31?,33-;/m1./s1. The van der Waals surface area contributed by atoms with Gasteiger partial charge in [-0.2, -0.15) is 0 Å². The van der Waals surface area contributed by atoms with Crippen LogP contribution in [0.25, 0.3) is 0 Å². The number of rotatable bonds is 23. The van der Waals surface area contributed by atoms with Crippen molar-refractivity contribution >= 4 is 29.8 Å². The number of hydrogen-bond acceptors (Lipinski definition) is 10. The van der Waals surface area contributed by atoms with E-state index in [1.807, 2.05) is 11.8 Å². The van der Waals surface area contributed by atoms with Gasteiger partial charge in [0.2, 0.25) is 0 Å². The molecule has 2 saturated heterocycles. The number of esters is 2. The number of guanidine groups is 3. The van der Waals surface area contributed by atoms with Crippen LogP contribution in [0.15, 0.2) is 32.5 Å². The number of unbranched alkanes of at least 4 members (excludes halogenated alkanes) is 11. The molecule has 0 radical (unpaired) electrons. The third kappa shape index (κ3) is 11.8. The molecular weight excluding hydrogens is 706 g/mol. The van der Waals surface area contributed by atoms with E-state index in [0.717, 1.165) is 119 Å². The van der Waals surface area contributed by atoms with E-state index in [1.165, 1.54) is 38.5 Å². The lowest BCUT2D eigenvalue weighted by Crippen LogP contribution is -3.00. The van der Waals surface area contributed by atoms with Crippen LogP contribution < -0.4 is 40.2 Å². The monoisotopic (exact) mass is 774 g/mol. The Kier molecular flexibility index (Phi) is 17.8. The Morgan fingerprint density at radius 3 is 2.26 bits per heavy atom. The van der Waals surface area contributed by atoms with E-state index in [4.69, 9.17) is 31.7 Å². The van der Waals surface area contributed by atoms with Crippen LogP contribution in [0.1, 0.15) is 149 Å². The Hall–Kier alpha value is -3.48. The first-order chi connectivity index (χ1) is 25.8. The maximum atomic E-state index is 13.3. The maximum Gasteiger partial charge on any atom is 0.351 e. The van der Waals surface area contributed by atoms with Gasteiger partial charge in [0.25, 0.3) is 0 Å². The Morgan fingerprint density at radius 1 is 0.889 bits per heavy atom. The van der Waals surface area contributed by atoms with Crippen molar-refractivity contribution in [2.75, 3.05) is 26.3 Å². The molecule has 5 aliphatic heterocycles. The second-order valence-corrected chi connectivity index (χ2v) is 15.6. The van der Waals surface area contributed by atoms with Gasteiger partial charge in [0.15, 0.2) is 11.9 Å². The number of aliphatic imine (C=N–C) groups is 2. The molecule has 4 atom stereocenters. The summed E-state index contributed by atoms with van der Waals surface area (Å²) >= 11 is 0. The van der Waals surface area contributed by atoms with Crippen LogP contribution in [0, 0.1) is 0 Å². The molecule has 5 aliphatic rings. The van der Waals surface area contributed by atoms with Crippen molar-refractivity contribution in [3.8, 4) is 0 Å². The van der Waals surface area contributed by atoms with Gasteiger partial charge in [-0.15, -0.1) is 0 Å². The number of ether oxygens (including phenoxy) is 2. The molecule has 14 heteroatoms. The van der Waals surface area contributed by atoms with Crippen LogP contribution >= 0.6 is 0 Å². The highest BCUT2D eigenvalue weighted by atomic mass is 35.5. The first-order valence-corrected chi connectivity index (χ1v) is 20.9. The predicted molar refractivity (Wildman–Crippen MR) is 210 cm³/mol. The average molecular weight is 774 g/mol. The van der Waals surface area contributed by atoms with E-state index in [9.17, 15) is 9.59 Å². The fourth-order valence-corrected chi connectivity index (χ4v) is 8.85. The number of hydrogen-bond donors (Lipinski definition) is 5. The van der Waals surface area contributed by atoms with E-state index >= 15 is 0 Å². The topological polar surface area (TPSA) is 186 Å². The van der Waals surface area contributed by atoms with Gasteiger partial charge in [-0.05, 0) is 64.7 Å². The van der Waals surface area contributed by atoms with Crippen molar-refractivity contribution in [2.45, 2.75) is 173 Å². The van der Waals surface area contributed by atoms with Crippen molar-refractivity contribution < 1.29 is 36.0 Å². The summed E-state index contributed by atoms with van der Waals surface area (Å²) in [7, 11) is 0. The molecule has 0 aromatic heterocycles. The van der Waals surface area contributed by atoms with Crippen molar-refractivity contribution in [2.24, 2.45) is 27.2 Å². The molecule has 304 valence electrons. The molecule has 0 spiro atoms. The highest BCUT2D eigenvalue weighted by molar-refractivity contribution is 5.95. The summed E-state index contributed by atoms with van der Waals surface area (Å²) in [5, 5.41) is 7.31. The zero-order valence-corrected chi connectivity index (χ0v) is 33.8. The van der Waals surface area contributed by atoms with Gasteiger partial charge in [-0.25, -0.2) is 19.9 Å². The number of nitrogens with one attached hydrogen (secondary N) is 2. The molecule has 0 aromatic carbocycles. The van der Waals surface area contributed by atoms with E-state index in [-0.39, 0.29) is 42.4 Å². The van der Waals surface area contributed by atoms with Gasteiger partial charge in [-0.1, -0.05) is 77.6 Å². The summed E-state index contributed by atoms with van der Waals surface area (Å²) in [6.07, 6.45) is 22.4. The fourth-order valence-electron chi connectivity index (χ4n) is 8.85. The molecule has 54 heavy (non-hydrogen) atoms. The van der Waals surface area contributed by atoms with Crippen LogP contribution in [0.5, 0.6) is 0 Å². The van der Waals surface area contributed by atoms with Crippen LogP contribution in [0.2, 0.25) is 0 Å². The van der Waals surface area contributed by atoms with Crippen LogP contribution in [0.3, 0.4) is 0 Å². The van der Waals surface area contributed by atoms with Crippen molar-refractivity contribution in [1.82, 2.24) is 15.5 Å².